The van der Waals surface area contributed by atoms with Gasteiger partial charge in [-0.25, -0.2) is 18.2 Å². The number of halogens is 1. The van der Waals surface area contributed by atoms with E-state index in [1.165, 1.54) is 12.1 Å². The first-order chi connectivity index (χ1) is 16.0. The predicted octanol–water partition coefficient (Wildman–Crippen LogP) is 3.46. The van der Waals surface area contributed by atoms with Gasteiger partial charge in [-0.3, -0.25) is 15.4 Å². The van der Waals surface area contributed by atoms with Crippen LogP contribution in [0.4, 0.5) is 15.6 Å². The van der Waals surface area contributed by atoms with Gasteiger partial charge in [0.05, 0.1) is 25.7 Å². The molecule has 1 aromatic heterocycles. The molecular weight excluding hydrogens is 498 g/mol. The molecule has 1 saturated heterocycles. The van der Waals surface area contributed by atoms with Gasteiger partial charge in [-0.15, -0.1) is 0 Å². The third-order valence-electron chi connectivity index (χ3n) is 5.69. The van der Waals surface area contributed by atoms with E-state index < -0.39 is 21.8 Å². The first-order valence-electron chi connectivity index (χ1n) is 10.4. The number of thiazole rings is 1. The van der Waals surface area contributed by atoms with Crippen molar-refractivity contribution in [2.75, 3.05) is 43.7 Å². The van der Waals surface area contributed by atoms with Crippen LogP contribution in [0.2, 0.25) is 5.02 Å². The highest BCUT2D eigenvalue weighted by molar-refractivity contribution is 7.90. The average Bonchev–Trinajstić information content (AvgIpc) is 3.39. The number of benzene rings is 2. The first kappa shape index (κ1) is 24.4. The van der Waals surface area contributed by atoms with E-state index in [0.29, 0.717) is 16.3 Å². The minimum Gasteiger partial charge on any atom is -0.370 e. The number of hydrogen-bond acceptors (Lipinski definition) is 8. The number of fused-ring (bicyclic) bond motifs is 1. The smallest absolute Gasteiger partial charge is 0.327 e. The van der Waals surface area contributed by atoms with E-state index in [9.17, 15) is 18.0 Å². The SMILES string of the molecule is CN(C)[C@H]1CCN(c2ccc(Cl)c(C(=O)NC(=O)Nc3nc4ccc(S(C)(=O)=O)cc4s3)c2)C1. The zero-order valence-corrected chi connectivity index (χ0v) is 21.2. The van der Waals surface area contributed by atoms with Crippen LogP contribution < -0.4 is 15.5 Å². The van der Waals surface area contributed by atoms with E-state index in [0.717, 1.165) is 42.8 Å². The number of nitrogens with one attached hydrogen (secondary N) is 2. The maximum Gasteiger partial charge on any atom is 0.327 e. The number of rotatable bonds is 5. The molecule has 3 aromatic rings. The van der Waals surface area contributed by atoms with Gasteiger partial charge in [-0.05, 0) is 56.9 Å². The van der Waals surface area contributed by atoms with Crippen LogP contribution in [0.25, 0.3) is 10.2 Å². The highest BCUT2D eigenvalue weighted by Gasteiger charge is 2.25. The molecule has 4 rings (SSSR count). The molecule has 34 heavy (non-hydrogen) atoms. The van der Waals surface area contributed by atoms with Gasteiger partial charge in [0.15, 0.2) is 15.0 Å². The number of imide groups is 1. The molecular formula is C22H24ClN5O4S2. The Morgan fingerprint density at radius 2 is 1.97 bits per heavy atom. The largest absolute Gasteiger partial charge is 0.370 e. The Hall–Kier alpha value is -2.73. The van der Waals surface area contributed by atoms with Crippen LogP contribution in [0.3, 0.4) is 0 Å². The van der Waals surface area contributed by atoms with Gasteiger partial charge in [0.25, 0.3) is 5.91 Å². The maximum atomic E-state index is 12.8. The number of nitrogens with zero attached hydrogens (tertiary/aromatic N) is 3. The summed E-state index contributed by atoms with van der Waals surface area (Å²) in [6, 6.07) is 9.41. The summed E-state index contributed by atoms with van der Waals surface area (Å²) >= 11 is 7.36. The Labute approximate surface area is 206 Å². The molecule has 0 radical (unpaired) electrons. The number of carbonyl (C=O) groups is 2. The fourth-order valence-corrected chi connectivity index (χ4v) is 5.59. The van der Waals surface area contributed by atoms with Gasteiger partial charge in [0.2, 0.25) is 0 Å². The molecule has 1 aliphatic rings. The minimum absolute atomic E-state index is 0.166. The molecule has 0 saturated carbocycles. The van der Waals surface area contributed by atoms with E-state index in [2.05, 4.69) is 25.4 Å². The van der Waals surface area contributed by atoms with Crippen molar-refractivity contribution in [1.82, 2.24) is 15.2 Å². The molecule has 0 unspecified atom stereocenters. The minimum atomic E-state index is -3.36. The van der Waals surface area contributed by atoms with Crippen LogP contribution in [-0.4, -0.2) is 69.7 Å². The second-order valence-corrected chi connectivity index (χ2v) is 11.8. The summed E-state index contributed by atoms with van der Waals surface area (Å²) in [6.07, 6.45) is 2.14. The second-order valence-electron chi connectivity index (χ2n) is 8.35. The molecule has 180 valence electrons. The Morgan fingerprint density at radius 3 is 2.65 bits per heavy atom. The zero-order valence-electron chi connectivity index (χ0n) is 18.8. The van der Waals surface area contributed by atoms with Crippen LogP contribution in [0.1, 0.15) is 16.8 Å². The third-order valence-corrected chi connectivity index (χ3v) is 8.06. The Bertz CT molecular complexity index is 1370. The van der Waals surface area contributed by atoms with E-state index in [-0.39, 0.29) is 20.6 Å². The summed E-state index contributed by atoms with van der Waals surface area (Å²) in [5.41, 5.74) is 1.60. The van der Waals surface area contributed by atoms with Crippen molar-refractivity contribution in [2.45, 2.75) is 17.4 Å². The molecule has 3 amide bonds. The van der Waals surface area contributed by atoms with Crippen molar-refractivity contribution in [2.24, 2.45) is 0 Å². The normalized spacial score (nSPS) is 16.3. The summed E-state index contributed by atoms with van der Waals surface area (Å²) in [5.74, 6) is -0.631. The monoisotopic (exact) mass is 521 g/mol. The van der Waals surface area contributed by atoms with Crippen LogP contribution >= 0.6 is 22.9 Å². The summed E-state index contributed by atoms with van der Waals surface area (Å²) in [5, 5.41) is 5.28. The summed E-state index contributed by atoms with van der Waals surface area (Å²) in [7, 11) is 0.731. The van der Waals surface area contributed by atoms with E-state index in [1.54, 1.807) is 18.2 Å². The maximum absolute atomic E-state index is 12.8. The van der Waals surface area contributed by atoms with Gasteiger partial charge >= 0.3 is 6.03 Å². The van der Waals surface area contributed by atoms with Crippen LogP contribution in [0.15, 0.2) is 41.3 Å². The summed E-state index contributed by atoms with van der Waals surface area (Å²) in [6.45, 7) is 1.71. The molecule has 1 aliphatic heterocycles. The van der Waals surface area contributed by atoms with Gasteiger partial charge in [0, 0.05) is 31.1 Å². The highest BCUT2D eigenvalue weighted by Crippen LogP contribution is 2.29. The molecule has 1 fully saturated rings. The number of aromatic nitrogens is 1. The van der Waals surface area contributed by atoms with Gasteiger partial charge in [0.1, 0.15) is 0 Å². The molecule has 2 heterocycles. The number of sulfone groups is 1. The third kappa shape index (κ3) is 5.33. The fraction of sp³-hybridized carbons (Fsp3) is 0.318. The lowest BCUT2D eigenvalue weighted by atomic mass is 10.1. The molecule has 0 bridgehead atoms. The van der Waals surface area contributed by atoms with Crippen LogP contribution in [0.5, 0.6) is 0 Å². The second kappa shape index (κ2) is 9.49. The molecule has 2 aromatic carbocycles. The van der Waals surface area contributed by atoms with E-state index in [1.807, 2.05) is 20.2 Å². The molecule has 9 nitrogen and oxygen atoms in total. The lowest BCUT2D eigenvalue weighted by Crippen LogP contribution is -2.34. The molecule has 12 heteroatoms. The number of likely N-dealkylation sites (N-methyl/N-ethyl adjacent to an activating group) is 1. The van der Waals surface area contributed by atoms with E-state index >= 15 is 0 Å². The predicted molar refractivity (Wildman–Crippen MR) is 135 cm³/mol. The quantitative estimate of drug-likeness (QED) is 0.528. The van der Waals surface area contributed by atoms with Crippen LogP contribution in [0, 0.1) is 0 Å². The Kier molecular flexibility index (Phi) is 6.81. The molecule has 2 N–H and O–H groups in total. The van der Waals surface area contributed by atoms with Gasteiger partial charge in [-0.2, -0.15) is 0 Å². The average molecular weight is 522 g/mol. The number of amides is 3. The lowest BCUT2D eigenvalue weighted by molar-refractivity contribution is 0.0967. The van der Waals surface area contributed by atoms with Crippen molar-refractivity contribution < 1.29 is 18.0 Å². The van der Waals surface area contributed by atoms with Crippen molar-refractivity contribution >= 4 is 65.7 Å². The van der Waals surface area contributed by atoms with Crippen molar-refractivity contribution in [3.63, 3.8) is 0 Å². The molecule has 0 aliphatic carbocycles. The van der Waals surface area contributed by atoms with E-state index in [4.69, 9.17) is 11.6 Å². The number of anilines is 2. The van der Waals surface area contributed by atoms with Crippen molar-refractivity contribution in [3.05, 3.63) is 47.0 Å². The summed E-state index contributed by atoms with van der Waals surface area (Å²) < 4.78 is 24.1. The zero-order chi connectivity index (χ0) is 24.6. The topological polar surface area (TPSA) is 112 Å². The van der Waals surface area contributed by atoms with Crippen molar-refractivity contribution in [3.8, 4) is 0 Å². The van der Waals surface area contributed by atoms with Crippen molar-refractivity contribution in [1.29, 1.82) is 0 Å². The van der Waals surface area contributed by atoms with Gasteiger partial charge in [-0.1, -0.05) is 22.9 Å². The Balaban J connectivity index is 1.45. The summed E-state index contributed by atoms with van der Waals surface area (Å²) in [4.78, 5) is 34.0. The standard InChI is InChI=1S/C22H24ClN5O4S2/c1-27(2)14-8-9-28(12-14)13-4-6-17(23)16(10-13)20(29)25-21(30)26-22-24-18-7-5-15(34(3,31)32)11-19(18)33-22/h4-7,10-11,14H,8-9,12H2,1-3H3,(H2,24,25,26,29,30)/t14-/m0/s1. The van der Waals surface area contributed by atoms with Gasteiger partial charge < -0.3 is 9.80 Å². The van der Waals surface area contributed by atoms with Crippen LogP contribution in [-0.2, 0) is 9.84 Å². The molecule has 0 spiro atoms. The number of urea groups is 1. The lowest BCUT2D eigenvalue weighted by Gasteiger charge is -2.22. The molecule has 1 atom stereocenters. The first-order valence-corrected chi connectivity index (χ1v) is 13.5. The highest BCUT2D eigenvalue weighted by atomic mass is 35.5. The number of carbonyl (C=O) groups excluding carboxylic acids is 2. The number of hydrogen-bond donors (Lipinski definition) is 2. The Morgan fingerprint density at radius 1 is 1.21 bits per heavy atom. The fourth-order valence-electron chi connectivity index (χ4n) is 3.77.